The van der Waals surface area contributed by atoms with Crippen molar-refractivity contribution in [2.45, 2.75) is 32.9 Å². The first-order valence-electron chi connectivity index (χ1n) is 12.2. The Bertz CT molecular complexity index is 1370. The molecule has 1 unspecified atom stereocenters. The van der Waals surface area contributed by atoms with Crippen molar-refractivity contribution in [3.63, 3.8) is 0 Å². The molecule has 0 bridgehead atoms. The molecular weight excluding hydrogens is 431 g/mol. The van der Waals surface area contributed by atoms with Gasteiger partial charge < -0.3 is 0 Å². The van der Waals surface area contributed by atoms with E-state index in [1.165, 1.54) is 27.8 Å². The molecular formula is C32H31FN2+2. The first kappa shape index (κ1) is 22.9. The zero-order valence-electron chi connectivity index (χ0n) is 20.7. The van der Waals surface area contributed by atoms with Gasteiger partial charge in [0.2, 0.25) is 18.1 Å². The molecule has 0 aliphatic carbocycles. The summed E-state index contributed by atoms with van der Waals surface area (Å²) in [6.45, 7) is 6.47. The summed E-state index contributed by atoms with van der Waals surface area (Å²) in [5.41, 5.74) is 9.24. The highest BCUT2D eigenvalue weighted by atomic mass is 19.1. The van der Waals surface area contributed by atoms with Crippen LogP contribution < -0.4 is 0 Å². The predicted octanol–water partition coefficient (Wildman–Crippen LogP) is 7.73. The number of aryl methyl sites for hydroxylation is 1. The Morgan fingerprint density at radius 3 is 1.83 bits per heavy atom. The molecule has 35 heavy (non-hydrogen) atoms. The number of nitrogens with zero attached hydrogens (tertiary/aromatic N) is 2. The maximum atomic E-state index is 14.0. The predicted molar refractivity (Wildman–Crippen MR) is 144 cm³/mol. The van der Waals surface area contributed by atoms with E-state index in [2.05, 4.69) is 115 Å². The summed E-state index contributed by atoms with van der Waals surface area (Å²) >= 11 is 0. The summed E-state index contributed by atoms with van der Waals surface area (Å²) < 4.78 is 18.5. The van der Waals surface area contributed by atoms with Gasteiger partial charge in [0.05, 0.1) is 16.7 Å². The van der Waals surface area contributed by atoms with Crippen LogP contribution in [0.5, 0.6) is 0 Å². The fourth-order valence-corrected chi connectivity index (χ4v) is 4.97. The molecule has 4 aromatic rings. The van der Waals surface area contributed by atoms with Crippen LogP contribution in [0.1, 0.15) is 42.6 Å². The lowest BCUT2D eigenvalue weighted by molar-refractivity contribution is -0.725. The molecule has 1 aliphatic heterocycles. The molecule has 1 atom stereocenters. The van der Waals surface area contributed by atoms with Crippen molar-refractivity contribution in [2.75, 3.05) is 7.05 Å². The number of hydrogen-bond acceptors (Lipinski definition) is 0. The van der Waals surface area contributed by atoms with Crippen LogP contribution in [0.2, 0.25) is 0 Å². The van der Waals surface area contributed by atoms with E-state index in [9.17, 15) is 4.39 Å². The Morgan fingerprint density at radius 1 is 0.743 bits per heavy atom. The zero-order valence-corrected chi connectivity index (χ0v) is 20.7. The van der Waals surface area contributed by atoms with Crippen molar-refractivity contribution in [1.82, 2.24) is 0 Å². The Balaban J connectivity index is 1.82. The van der Waals surface area contributed by atoms with Crippen molar-refractivity contribution in [3.8, 4) is 22.3 Å². The van der Waals surface area contributed by atoms with E-state index in [1.807, 2.05) is 13.0 Å². The lowest BCUT2D eigenvalue weighted by atomic mass is 9.89. The van der Waals surface area contributed by atoms with E-state index in [0.717, 1.165) is 16.8 Å². The van der Waals surface area contributed by atoms with Crippen LogP contribution >= 0.6 is 0 Å². The van der Waals surface area contributed by atoms with Crippen LogP contribution in [0.3, 0.4) is 0 Å². The van der Waals surface area contributed by atoms with Gasteiger partial charge in [-0.05, 0) is 65.4 Å². The number of halogens is 1. The van der Waals surface area contributed by atoms with E-state index in [-0.39, 0.29) is 12.0 Å². The van der Waals surface area contributed by atoms with Crippen LogP contribution in [0, 0.1) is 12.7 Å². The van der Waals surface area contributed by atoms with Crippen molar-refractivity contribution in [1.29, 1.82) is 0 Å². The topological polar surface area (TPSA) is 6.02 Å². The monoisotopic (exact) mass is 462 g/mol. The molecule has 4 aromatic carbocycles. The molecule has 1 heterocycles. The van der Waals surface area contributed by atoms with Crippen molar-refractivity contribution in [3.05, 3.63) is 114 Å². The molecule has 0 N–H and O–H groups in total. The lowest BCUT2D eigenvalue weighted by Gasteiger charge is -2.19. The van der Waals surface area contributed by atoms with Crippen LogP contribution in [0.4, 0.5) is 10.1 Å². The van der Waals surface area contributed by atoms with Gasteiger partial charge in [-0.1, -0.05) is 74.5 Å². The fourth-order valence-electron chi connectivity index (χ4n) is 4.97. The van der Waals surface area contributed by atoms with E-state index in [4.69, 9.17) is 0 Å². The van der Waals surface area contributed by atoms with Gasteiger partial charge in [0.1, 0.15) is 12.9 Å². The summed E-state index contributed by atoms with van der Waals surface area (Å²) in [7, 11) is 2.08. The second-order valence-electron chi connectivity index (χ2n) is 9.60. The molecule has 0 fully saturated rings. The highest BCUT2D eigenvalue weighted by Crippen LogP contribution is 2.44. The molecule has 0 amide bonds. The second kappa shape index (κ2) is 9.42. The smallest absolute Gasteiger partial charge is 0.207 e. The summed E-state index contributed by atoms with van der Waals surface area (Å²) in [4.78, 5) is 0. The van der Waals surface area contributed by atoms with Crippen LogP contribution in [0.25, 0.3) is 22.3 Å². The fraction of sp³-hybridized carbons (Fsp3) is 0.188. The molecule has 5 rings (SSSR count). The molecule has 174 valence electrons. The second-order valence-corrected chi connectivity index (χ2v) is 9.60. The third kappa shape index (κ3) is 4.35. The van der Waals surface area contributed by atoms with Crippen molar-refractivity contribution < 1.29 is 13.5 Å². The Kier molecular flexibility index (Phi) is 6.17. The SMILES string of the molecule is Cc1cc(F)ccc1C1[N+](C)=CC=[N+]1c1c(-c2ccccc2)cc(C(C)C)cc1-c1ccccc1. The first-order valence-corrected chi connectivity index (χ1v) is 12.2. The molecule has 0 radical (unpaired) electrons. The normalized spacial score (nSPS) is 15.3. The van der Waals surface area contributed by atoms with Crippen LogP contribution in [0.15, 0.2) is 91.0 Å². The van der Waals surface area contributed by atoms with E-state index < -0.39 is 0 Å². The van der Waals surface area contributed by atoms with Gasteiger partial charge >= 0.3 is 6.17 Å². The quantitative estimate of drug-likeness (QED) is 0.268. The average molecular weight is 463 g/mol. The van der Waals surface area contributed by atoms with E-state index in [1.54, 1.807) is 12.1 Å². The van der Waals surface area contributed by atoms with E-state index in [0.29, 0.717) is 5.92 Å². The van der Waals surface area contributed by atoms with Crippen LogP contribution in [-0.4, -0.2) is 28.6 Å². The summed E-state index contributed by atoms with van der Waals surface area (Å²) in [6, 6.07) is 31.0. The van der Waals surface area contributed by atoms with Crippen LogP contribution in [-0.2, 0) is 0 Å². The van der Waals surface area contributed by atoms with Gasteiger partial charge in [0.15, 0.2) is 0 Å². The van der Waals surface area contributed by atoms with Gasteiger partial charge in [-0.15, -0.1) is 4.58 Å². The molecule has 0 aromatic heterocycles. The molecule has 3 heteroatoms. The molecule has 0 saturated carbocycles. The van der Waals surface area contributed by atoms with Gasteiger partial charge in [-0.25, -0.2) is 4.39 Å². The zero-order chi connectivity index (χ0) is 24.5. The number of rotatable bonds is 5. The largest absolute Gasteiger partial charge is 0.375 e. The molecule has 2 nitrogen and oxygen atoms in total. The first-order chi connectivity index (χ1) is 16.9. The highest BCUT2D eigenvalue weighted by molar-refractivity contribution is 6.12. The van der Waals surface area contributed by atoms with Gasteiger partial charge in [-0.2, -0.15) is 4.58 Å². The standard InChI is InChI=1S/C32H31FN2/c1-22(2)26-20-29(24-11-7-5-8-12-24)31(30(21-26)25-13-9-6-10-14-25)35-18-17-34(4)32(35)28-16-15-27(33)19-23(28)3/h5-22,32H,1-4H3/q+2. The third-order valence-electron chi connectivity index (χ3n) is 6.85. The van der Waals surface area contributed by atoms with Crippen molar-refractivity contribution >= 4 is 18.1 Å². The maximum Gasteiger partial charge on any atom is 0.375 e. The molecule has 0 spiro atoms. The summed E-state index contributed by atoms with van der Waals surface area (Å²) in [5.74, 6) is 0.184. The van der Waals surface area contributed by atoms with Gasteiger partial charge in [0.25, 0.3) is 0 Å². The van der Waals surface area contributed by atoms with E-state index >= 15 is 0 Å². The van der Waals surface area contributed by atoms with Gasteiger partial charge in [-0.3, -0.25) is 0 Å². The minimum absolute atomic E-state index is 0.0783. The van der Waals surface area contributed by atoms with Crippen molar-refractivity contribution in [2.24, 2.45) is 0 Å². The minimum atomic E-state index is -0.206. The minimum Gasteiger partial charge on any atom is -0.207 e. The average Bonchev–Trinajstić information content (AvgIpc) is 3.25. The number of hydrogen-bond donors (Lipinski definition) is 0. The Hall–Kier alpha value is -3.85. The molecule has 1 aliphatic rings. The van der Waals surface area contributed by atoms with Gasteiger partial charge in [0, 0.05) is 0 Å². The third-order valence-corrected chi connectivity index (χ3v) is 6.85. The molecule has 0 saturated heterocycles. The Morgan fingerprint density at radius 2 is 1.31 bits per heavy atom. The highest BCUT2D eigenvalue weighted by Gasteiger charge is 2.41. The summed E-state index contributed by atoms with van der Waals surface area (Å²) in [5, 5.41) is 0. The number of benzene rings is 4. The Labute approximate surface area is 207 Å². The summed E-state index contributed by atoms with van der Waals surface area (Å²) in [6.07, 6.45) is 4.18. The maximum absolute atomic E-state index is 14.0. The lowest BCUT2D eigenvalue weighted by Crippen LogP contribution is -2.21.